The third-order valence-corrected chi connectivity index (χ3v) is 3.98. The van der Waals surface area contributed by atoms with Gasteiger partial charge in [0.2, 0.25) is 5.91 Å². The number of carbonyl (C=O) groups is 1. The van der Waals surface area contributed by atoms with Gasteiger partial charge in [-0.05, 0) is 31.6 Å². The van der Waals surface area contributed by atoms with Gasteiger partial charge in [-0.15, -0.1) is 0 Å². The number of nitrogens with zero attached hydrogens (tertiary/aromatic N) is 1. The smallest absolute Gasteiger partial charge is 0.225 e. The number of ether oxygens (including phenoxy) is 1. The lowest BCUT2D eigenvalue weighted by Crippen LogP contribution is -2.44. The second kappa shape index (κ2) is 5.67. The first-order chi connectivity index (χ1) is 7.81. The maximum Gasteiger partial charge on any atom is 0.225 e. The summed E-state index contributed by atoms with van der Waals surface area (Å²) in [5, 5.41) is 0. The van der Waals surface area contributed by atoms with E-state index in [0.717, 1.165) is 45.1 Å². The van der Waals surface area contributed by atoms with Crippen LogP contribution in [0.15, 0.2) is 0 Å². The molecule has 1 amide bonds. The van der Waals surface area contributed by atoms with Crippen LogP contribution in [0.1, 0.15) is 39.0 Å². The molecule has 2 aliphatic heterocycles. The first-order valence-corrected chi connectivity index (χ1v) is 6.67. The Kier molecular flexibility index (Phi) is 4.22. The molecule has 2 aliphatic rings. The summed E-state index contributed by atoms with van der Waals surface area (Å²) >= 11 is 0. The van der Waals surface area contributed by atoms with Crippen LogP contribution in [-0.4, -0.2) is 37.1 Å². The monoisotopic (exact) mass is 225 g/mol. The van der Waals surface area contributed by atoms with Gasteiger partial charge >= 0.3 is 0 Å². The van der Waals surface area contributed by atoms with Crippen LogP contribution in [0, 0.1) is 11.8 Å². The van der Waals surface area contributed by atoms with Crippen molar-refractivity contribution in [3.63, 3.8) is 0 Å². The molecule has 3 heteroatoms. The Labute approximate surface area is 98.1 Å². The molecular formula is C13H23NO2. The minimum absolute atomic E-state index is 0.240. The summed E-state index contributed by atoms with van der Waals surface area (Å²) in [6.07, 6.45) is 5.54. The van der Waals surface area contributed by atoms with Gasteiger partial charge in [0, 0.05) is 32.2 Å². The lowest BCUT2D eigenvalue weighted by molar-refractivity contribution is -0.140. The summed E-state index contributed by atoms with van der Waals surface area (Å²) in [4.78, 5) is 14.4. The molecule has 0 spiro atoms. The third kappa shape index (κ3) is 2.76. The number of likely N-dealkylation sites (tertiary alicyclic amines) is 1. The summed E-state index contributed by atoms with van der Waals surface area (Å²) in [5.41, 5.74) is 0. The van der Waals surface area contributed by atoms with Crippen LogP contribution < -0.4 is 0 Å². The summed E-state index contributed by atoms with van der Waals surface area (Å²) in [6.45, 7) is 5.73. The number of piperidine rings is 1. The van der Waals surface area contributed by atoms with Crippen LogP contribution in [0.4, 0.5) is 0 Å². The van der Waals surface area contributed by atoms with Gasteiger partial charge in [-0.2, -0.15) is 0 Å². The number of rotatable bonds is 2. The lowest BCUT2D eigenvalue weighted by atomic mass is 9.92. The molecule has 0 bridgehead atoms. The lowest BCUT2D eigenvalue weighted by Gasteiger charge is -2.35. The van der Waals surface area contributed by atoms with E-state index >= 15 is 0 Å². The molecule has 2 fully saturated rings. The van der Waals surface area contributed by atoms with Crippen molar-refractivity contribution in [2.45, 2.75) is 39.0 Å². The van der Waals surface area contributed by atoms with E-state index in [1.807, 2.05) is 0 Å². The molecule has 1 atom stereocenters. The molecular weight excluding hydrogens is 202 g/mol. The first-order valence-electron chi connectivity index (χ1n) is 6.67. The van der Waals surface area contributed by atoms with Crippen LogP contribution in [0.2, 0.25) is 0 Å². The standard InChI is InChI=1S/C13H23NO2/c1-2-11-4-3-7-14(10-11)13(15)12-5-8-16-9-6-12/h11-12H,2-10H2,1H3/t11-/m1/s1. The predicted octanol–water partition coefficient (Wildman–Crippen LogP) is 2.06. The van der Waals surface area contributed by atoms with E-state index in [4.69, 9.17) is 4.74 Å². The number of amides is 1. The molecule has 0 saturated carbocycles. The highest BCUT2D eigenvalue weighted by Gasteiger charge is 2.29. The maximum atomic E-state index is 12.3. The van der Waals surface area contributed by atoms with Crippen LogP contribution >= 0.6 is 0 Å². The van der Waals surface area contributed by atoms with Gasteiger partial charge in [0.15, 0.2) is 0 Å². The zero-order chi connectivity index (χ0) is 11.4. The van der Waals surface area contributed by atoms with Crippen LogP contribution in [0.5, 0.6) is 0 Å². The second-order valence-corrected chi connectivity index (χ2v) is 5.09. The Morgan fingerprint density at radius 2 is 2.06 bits per heavy atom. The zero-order valence-corrected chi connectivity index (χ0v) is 10.3. The van der Waals surface area contributed by atoms with Crippen molar-refractivity contribution in [1.82, 2.24) is 4.90 Å². The fourth-order valence-electron chi connectivity index (χ4n) is 2.80. The normalized spacial score (nSPS) is 28.1. The maximum absolute atomic E-state index is 12.3. The van der Waals surface area contributed by atoms with Crippen molar-refractivity contribution in [3.05, 3.63) is 0 Å². The van der Waals surface area contributed by atoms with Crippen molar-refractivity contribution < 1.29 is 9.53 Å². The van der Waals surface area contributed by atoms with Crippen molar-refractivity contribution in [2.75, 3.05) is 26.3 Å². The van der Waals surface area contributed by atoms with Crippen molar-refractivity contribution in [1.29, 1.82) is 0 Å². The third-order valence-electron chi connectivity index (χ3n) is 3.98. The molecule has 16 heavy (non-hydrogen) atoms. The molecule has 2 saturated heterocycles. The van der Waals surface area contributed by atoms with Gasteiger partial charge in [0.25, 0.3) is 0 Å². The predicted molar refractivity (Wildman–Crippen MR) is 63.1 cm³/mol. The van der Waals surface area contributed by atoms with Crippen molar-refractivity contribution >= 4 is 5.91 Å². The molecule has 3 nitrogen and oxygen atoms in total. The van der Waals surface area contributed by atoms with E-state index in [0.29, 0.717) is 5.91 Å². The summed E-state index contributed by atoms with van der Waals surface area (Å²) < 4.78 is 5.31. The minimum Gasteiger partial charge on any atom is -0.381 e. The SMILES string of the molecule is CC[C@@H]1CCCN(C(=O)C2CCOCC2)C1. The summed E-state index contributed by atoms with van der Waals surface area (Å²) in [6, 6.07) is 0. The molecule has 0 aromatic carbocycles. The Morgan fingerprint density at radius 1 is 1.31 bits per heavy atom. The van der Waals surface area contributed by atoms with Gasteiger partial charge in [-0.3, -0.25) is 4.79 Å². The largest absolute Gasteiger partial charge is 0.381 e. The number of carbonyl (C=O) groups excluding carboxylic acids is 1. The molecule has 0 unspecified atom stereocenters. The molecule has 92 valence electrons. The topological polar surface area (TPSA) is 29.5 Å². The molecule has 0 radical (unpaired) electrons. The highest BCUT2D eigenvalue weighted by Crippen LogP contribution is 2.23. The van der Waals surface area contributed by atoms with Crippen LogP contribution in [0.3, 0.4) is 0 Å². The van der Waals surface area contributed by atoms with Crippen LogP contribution in [0.25, 0.3) is 0 Å². The number of hydrogen-bond acceptors (Lipinski definition) is 2. The van der Waals surface area contributed by atoms with E-state index < -0.39 is 0 Å². The van der Waals surface area contributed by atoms with Gasteiger partial charge in [0.1, 0.15) is 0 Å². The van der Waals surface area contributed by atoms with E-state index in [1.165, 1.54) is 19.3 Å². The van der Waals surface area contributed by atoms with Gasteiger partial charge < -0.3 is 9.64 Å². The minimum atomic E-state index is 0.240. The quantitative estimate of drug-likeness (QED) is 0.720. The first kappa shape index (κ1) is 11.9. The molecule has 0 N–H and O–H groups in total. The average molecular weight is 225 g/mol. The summed E-state index contributed by atoms with van der Waals surface area (Å²) in [7, 11) is 0. The Hall–Kier alpha value is -0.570. The fraction of sp³-hybridized carbons (Fsp3) is 0.923. The Bertz CT molecular complexity index is 236. The van der Waals surface area contributed by atoms with E-state index in [-0.39, 0.29) is 5.92 Å². The number of hydrogen-bond donors (Lipinski definition) is 0. The molecule has 2 heterocycles. The Balaban J connectivity index is 1.87. The van der Waals surface area contributed by atoms with E-state index in [1.54, 1.807) is 0 Å². The second-order valence-electron chi connectivity index (χ2n) is 5.09. The highest BCUT2D eigenvalue weighted by molar-refractivity contribution is 5.79. The van der Waals surface area contributed by atoms with Crippen molar-refractivity contribution in [3.8, 4) is 0 Å². The summed E-state index contributed by atoms with van der Waals surface area (Å²) in [5.74, 6) is 1.36. The van der Waals surface area contributed by atoms with Crippen molar-refractivity contribution in [2.24, 2.45) is 11.8 Å². The molecule has 2 rings (SSSR count). The van der Waals surface area contributed by atoms with Gasteiger partial charge in [0.05, 0.1) is 0 Å². The highest BCUT2D eigenvalue weighted by atomic mass is 16.5. The van der Waals surface area contributed by atoms with Gasteiger partial charge in [-0.1, -0.05) is 13.3 Å². The molecule has 0 aliphatic carbocycles. The molecule has 0 aromatic rings. The Morgan fingerprint density at radius 3 is 2.75 bits per heavy atom. The van der Waals surface area contributed by atoms with E-state index in [2.05, 4.69) is 11.8 Å². The van der Waals surface area contributed by atoms with Crippen LogP contribution in [-0.2, 0) is 9.53 Å². The zero-order valence-electron chi connectivity index (χ0n) is 10.3. The van der Waals surface area contributed by atoms with Gasteiger partial charge in [-0.25, -0.2) is 0 Å². The fourth-order valence-corrected chi connectivity index (χ4v) is 2.80. The van der Waals surface area contributed by atoms with E-state index in [9.17, 15) is 4.79 Å². The average Bonchev–Trinajstić information content (AvgIpc) is 2.39. The molecule has 0 aromatic heterocycles.